The average molecular weight is 247 g/mol. The van der Waals surface area contributed by atoms with Gasteiger partial charge in [0.2, 0.25) is 0 Å². The lowest BCUT2D eigenvalue weighted by atomic mass is 10.00. The van der Waals surface area contributed by atoms with Gasteiger partial charge < -0.3 is 10.5 Å². The van der Waals surface area contributed by atoms with Crippen LogP contribution in [-0.2, 0) is 11.2 Å². The van der Waals surface area contributed by atoms with Gasteiger partial charge in [0.05, 0.1) is 6.10 Å². The summed E-state index contributed by atoms with van der Waals surface area (Å²) in [5.41, 5.74) is 7.61. The van der Waals surface area contributed by atoms with Gasteiger partial charge in [-0.25, -0.2) is 0 Å². The molecule has 1 aromatic carbocycles. The smallest absolute Gasteiger partial charge is 0.0730 e. The molecule has 0 aliphatic carbocycles. The van der Waals surface area contributed by atoms with Gasteiger partial charge in [-0.3, -0.25) is 0 Å². The fourth-order valence-corrected chi connectivity index (χ4v) is 3.49. The molecule has 0 amide bonds. The second-order valence-corrected chi connectivity index (χ2v) is 5.59. The minimum atomic E-state index is 0.135. The number of ether oxygens (including phenoxy) is 1. The zero-order valence-electron chi connectivity index (χ0n) is 9.76. The summed E-state index contributed by atoms with van der Waals surface area (Å²) in [7, 11) is 0. The lowest BCUT2D eigenvalue weighted by Gasteiger charge is -2.18. The quantitative estimate of drug-likeness (QED) is 0.905. The number of hydrogen-bond donors (Lipinski definition) is 1. The van der Waals surface area contributed by atoms with E-state index in [-0.39, 0.29) is 12.1 Å². The number of benzene rings is 1. The number of fused-ring (bicyclic) bond motifs is 1. The first-order valence-electron chi connectivity index (χ1n) is 6.17. The van der Waals surface area contributed by atoms with Gasteiger partial charge in [-0.15, -0.1) is 11.3 Å². The monoisotopic (exact) mass is 247 g/mol. The standard InChI is InChI=1S/C14H17NOS/c15-12(13-5-3-7-16-13)8-10-9-17-14-6-2-1-4-11(10)14/h1-2,4,6,9,12-13H,3,5,7-8,15H2. The SMILES string of the molecule is NC(Cc1csc2ccccc12)C1CCCO1. The Morgan fingerprint density at radius 3 is 3.12 bits per heavy atom. The summed E-state index contributed by atoms with van der Waals surface area (Å²) in [5, 5.41) is 3.59. The predicted molar refractivity (Wildman–Crippen MR) is 72.5 cm³/mol. The number of hydrogen-bond acceptors (Lipinski definition) is 3. The molecule has 2 heterocycles. The second-order valence-electron chi connectivity index (χ2n) is 4.68. The molecule has 3 rings (SSSR count). The average Bonchev–Trinajstić information content (AvgIpc) is 2.98. The largest absolute Gasteiger partial charge is 0.377 e. The first kappa shape index (κ1) is 11.2. The highest BCUT2D eigenvalue weighted by atomic mass is 32.1. The van der Waals surface area contributed by atoms with Crippen molar-refractivity contribution in [2.75, 3.05) is 6.61 Å². The number of thiophene rings is 1. The van der Waals surface area contributed by atoms with E-state index in [4.69, 9.17) is 10.5 Å². The van der Waals surface area contributed by atoms with Crippen LogP contribution < -0.4 is 5.73 Å². The van der Waals surface area contributed by atoms with Crippen LogP contribution >= 0.6 is 11.3 Å². The molecule has 0 saturated carbocycles. The summed E-state index contributed by atoms with van der Waals surface area (Å²) in [6.07, 6.45) is 3.45. The molecule has 2 atom stereocenters. The zero-order chi connectivity index (χ0) is 11.7. The number of nitrogens with two attached hydrogens (primary N) is 1. The first-order valence-corrected chi connectivity index (χ1v) is 7.05. The Balaban J connectivity index is 1.80. The highest BCUT2D eigenvalue weighted by Crippen LogP contribution is 2.27. The van der Waals surface area contributed by atoms with E-state index in [9.17, 15) is 0 Å². The van der Waals surface area contributed by atoms with Crippen LogP contribution in [0.4, 0.5) is 0 Å². The van der Waals surface area contributed by atoms with Crippen molar-refractivity contribution in [2.45, 2.75) is 31.4 Å². The van der Waals surface area contributed by atoms with Gasteiger partial charge in [0.25, 0.3) is 0 Å². The van der Waals surface area contributed by atoms with E-state index >= 15 is 0 Å². The van der Waals surface area contributed by atoms with Crippen LogP contribution in [0.3, 0.4) is 0 Å². The molecule has 1 aromatic heterocycles. The van der Waals surface area contributed by atoms with Crippen molar-refractivity contribution in [1.29, 1.82) is 0 Å². The van der Waals surface area contributed by atoms with Gasteiger partial charge in [-0.1, -0.05) is 18.2 Å². The van der Waals surface area contributed by atoms with Crippen LogP contribution in [0.1, 0.15) is 18.4 Å². The van der Waals surface area contributed by atoms with E-state index < -0.39 is 0 Å². The van der Waals surface area contributed by atoms with Crippen LogP contribution in [0.5, 0.6) is 0 Å². The first-order chi connectivity index (χ1) is 8.34. The predicted octanol–water partition coefficient (Wildman–Crippen LogP) is 2.95. The minimum Gasteiger partial charge on any atom is -0.377 e. The van der Waals surface area contributed by atoms with Gasteiger partial charge in [-0.2, -0.15) is 0 Å². The maximum atomic E-state index is 6.24. The molecular formula is C14H17NOS. The van der Waals surface area contributed by atoms with Crippen molar-refractivity contribution >= 4 is 21.4 Å². The summed E-state index contributed by atoms with van der Waals surface area (Å²) in [4.78, 5) is 0. The third-order valence-corrected chi connectivity index (χ3v) is 4.47. The van der Waals surface area contributed by atoms with Crippen molar-refractivity contribution in [3.63, 3.8) is 0 Å². The molecule has 0 bridgehead atoms. The van der Waals surface area contributed by atoms with E-state index in [1.54, 1.807) is 11.3 Å². The molecule has 1 fully saturated rings. The van der Waals surface area contributed by atoms with Crippen LogP contribution in [0.2, 0.25) is 0 Å². The third-order valence-electron chi connectivity index (χ3n) is 3.46. The van der Waals surface area contributed by atoms with Gasteiger partial charge in [0.1, 0.15) is 0 Å². The lowest BCUT2D eigenvalue weighted by Crippen LogP contribution is -2.36. The Kier molecular flexibility index (Phi) is 3.14. The van der Waals surface area contributed by atoms with Crippen molar-refractivity contribution < 1.29 is 4.74 Å². The maximum Gasteiger partial charge on any atom is 0.0730 e. The fourth-order valence-electron chi connectivity index (χ4n) is 2.52. The summed E-state index contributed by atoms with van der Waals surface area (Å²) in [5.74, 6) is 0. The van der Waals surface area contributed by atoms with E-state index in [2.05, 4.69) is 29.6 Å². The molecule has 1 aliphatic rings. The van der Waals surface area contributed by atoms with Gasteiger partial charge in [0, 0.05) is 17.3 Å². The maximum absolute atomic E-state index is 6.24. The van der Waals surface area contributed by atoms with Crippen LogP contribution in [0.25, 0.3) is 10.1 Å². The molecule has 3 heteroatoms. The minimum absolute atomic E-state index is 0.135. The van der Waals surface area contributed by atoms with Crippen LogP contribution in [-0.4, -0.2) is 18.8 Å². The summed E-state index contributed by atoms with van der Waals surface area (Å²) >= 11 is 1.80. The zero-order valence-corrected chi connectivity index (χ0v) is 10.6. The Morgan fingerprint density at radius 1 is 1.41 bits per heavy atom. The third kappa shape index (κ3) is 2.23. The molecule has 0 radical (unpaired) electrons. The fraction of sp³-hybridized carbons (Fsp3) is 0.429. The highest BCUT2D eigenvalue weighted by molar-refractivity contribution is 7.17. The molecular weight excluding hydrogens is 230 g/mol. The van der Waals surface area contributed by atoms with E-state index in [1.165, 1.54) is 15.6 Å². The van der Waals surface area contributed by atoms with Gasteiger partial charge >= 0.3 is 0 Å². The molecule has 2 N–H and O–H groups in total. The summed E-state index contributed by atoms with van der Waals surface area (Å²) < 4.78 is 7.00. The second kappa shape index (κ2) is 4.77. The molecule has 1 saturated heterocycles. The van der Waals surface area contributed by atoms with Gasteiger partial charge in [-0.05, 0) is 41.7 Å². The highest BCUT2D eigenvalue weighted by Gasteiger charge is 2.23. The Bertz CT molecular complexity index is 502. The van der Waals surface area contributed by atoms with Gasteiger partial charge in [0.15, 0.2) is 0 Å². The van der Waals surface area contributed by atoms with E-state index in [0.717, 1.165) is 25.9 Å². The summed E-state index contributed by atoms with van der Waals surface area (Å²) in [6, 6.07) is 8.67. The van der Waals surface area contributed by atoms with Crippen molar-refractivity contribution in [3.05, 3.63) is 35.2 Å². The summed E-state index contributed by atoms with van der Waals surface area (Å²) in [6.45, 7) is 0.878. The molecule has 90 valence electrons. The molecule has 2 aromatic rings. The van der Waals surface area contributed by atoms with E-state index in [1.807, 2.05) is 0 Å². The Morgan fingerprint density at radius 2 is 2.29 bits per heavy atom. The Labute approximate surface area is 105 Å². The molecule has 2 unspecified atom stereocenters. The molecule has 17 heavy (non-hydrogen) atoms. The lowest BCUT2D eigenvalue weighted by molar-refractivity contribution is 0.0901. The van der Waals surface area contributed by atoms with E-state index in [0.29, 0.717) is 0 Å². The number of rotatable bonds is 3. The van der Waals surface area contributed by atoms with Crippen LogP contribution in [0, 0.1) is 0 Å². The molecule has 2 nitrogen and oxygen atoms in total. The Hall–Kier alpha value is -0.900. The van der Waals surface area contributed by atoms with Crippen molar-refractivity contribution in [1.82, 2.24) is 0 Å². The van der Waals surface area contributed by atoms with Crippen molar-refractivity contribution in [2.24, 2.45) is 5.73 Å². The topological polar surface area (TPSA) is 35.2 Å². The van der Waals surface area contributed by atoms with Crippen molar-refractivity contribution in [3.8, 4) is 0 Å². The molecule has 0 spiro atoms. The van der Waals surface area contributed by atoms with Crippen LogP contribution in [0.15, 0.2) is 29.6 Å². The molecule has 1 aliphatic heterocycles. The normalized spacial score (nSPS) is 22.1.